The largest absolute Gasteiger partial charge is 0.497 e. The molecule has 7 aromatic heterocycles. The third-order valence-corrected chi connectivity index (χ3v) is 21.7. The van der Waals surface area contributed by atoms with Gasteiger partial charge in [-0.15, -0.1) is 0 Å². The van der Waals surface area contributed by atoms with E-state index in [4.69, 9.17) is 61.1 Å². The van der Waals surface area contributed by atoms with Gasteiger partial charge in [0.1, 0.15) is 34.2 Å². The Balaban J connectivity index is 0.000000117. The molecule has 0 bridgehead atoms. The topological polar surface area (TPSA) is 290 Å². The summed E-state index contributed by atoms with van der Waals surface area (Å²) in [6, 6.07) is 116. The summed E-state index contributed by atoms with van der Waals surface area (Å²) >= 11 is 6.32. The first kappa shape index (κ1) is 84.4. The van der Waals surface area contributed by atoms with Gasteiger partial charge in [0.15, 0.2) is 29.3 Å². The minimum absolute atomic E-state index is 0.0436. The van der Waals surface area contributed by atoms with E-state index in [1.165, 1.54) is 16.7 Å². The number of nitrogens with zero attached hydrogens (tertiary/aromatic N) is 10. The zero-order chi connectivity index (χ0) is 87.5. The molecule has 20 rings (SSSR count). The normalized spacial score (nSPS) is 10.9. The predicted molar refractivity (Wildman–Crippen MR) is 493 cm³/mol. The lowest BCUT2D eigenvalue weighted by Crippen LogP contribution is -2.18. The number of aliphatic hydroxyl groups is 1. The minimum atomic E-state index is -0.546. The fourth-order valence-electron chi connectivity index (χ4n) is 14.9. The molecule has 0 aliphatic heterocycles. The fraction of sp³-hybridized carbons (Fsp3) is 0.0777. The number of aliphatic hydroxyl groups excluding tert-OH is 1. The summed E-state index contributed by atoms with van der Waals surface area (Å²) in [4.78, 5) is 45.6. The van der Waals surface area contributed by atoms with E-state index < -0.39 is 11.8 Å². The second-order valence-electron chi connectivity index (χ2n) is 29.5. The number of aromatic nitrogens is 10. The van der Waals surface area contributed by atoms with Crippen LogP contribution in [0.25, 0.3) is 111 Å². The molecule has 628 valence electrons. The third kappa shape index (κ3) is 19.5. The lowest BCUT2D eigenvalue weighted by atomic mass is 10.1. The van der Waals surface area contributed by atoms with Crippen molar-refractivity contribution in [1.82, 2.24) is 65.2 Å². The predicted octanol–water partition coefficient (Wildman–Crippen LogP) is 20.5. The van der Waals surface area contributed by atoms with E-state index in [0.717, 1.165) is 127 Å². The molecule has 0 radical (unpaired) electrons. The Bertz CT molecular complexity index is 7190. The highest BCUT2D eigenvalue weighted by Gasteiger charge is 2.22. The number of methoxy groups -OCH3 is 1. The standard InChI is InChI=1S/C22H19N3O3.C21H17ClN2O.C21H17N3O2.C20H17N3O2.C19H14N2O2/c1-28-18-11-12-19-20(13-18)25(14-15-5-3-2-4-6-15)23-21(19)16-7-9-17(10-8-16)22(26)24-27;22-19-7-3-1-5-17(19)13-24-20-8-4-2-6-18(20)21(23-24)16-11-9-15(14-25)10-12-16;25-21(23-26)17-12-10-16(11-13-17)20-18-8-4-5-9-19(18)24(22-20)14-15-6-2-1-3-7-15;1-21-20(24)18-12-11-17(25-18)19-15-9-5-6-10-16(15)23(22-19)13-14-7-3-2-4-8-14;22-13-15-10-11-18(23-15)19-16-8-4-5-9-17(16)21(20-19)12-14-6-2-1-3-7-14/h2-13,27H,14H2,1H3,(H,24,26);1-12,25H,13-14H2;1-13,26H,14H2,(H,23,25);2-12H,13H2,1H3,(H,21,24);1-11,13H,12H2. The number of carbonyl (C=O) groups excluding carboxylic acids is 4. The SMILES string of the molecule is CNC(=O)c1ccc(-c2nn(Cc3ccccc3)c3ccccc23)o1.COc1ccc2c(-c3ccc(C(=O)NO)cc3)nn(Cc3ccccc3)c2c1.O=C(NO)c1ccc(-c2nn(Cc3ccccc3)c3ccccc23)cc1.O=Cc1ccc(-c2nn(Cc3ccccc3)c3ccccc23)o1.OCc1ccc(-c2nn(Cc3ccccc3Cl)c3ccccc23)cc1. The van der Waals surface area contributed by atoms with Crippen LogP contribution in [0.15, 0.2) is 367 Å². The van der Waals surface area contributed by atoms with E-state index in [1.54, 1.807) is 73.6 Å². The van der Waals surface area contributed by atoms with Gasteiger partial charge in [0.25, 0.3) is 17.7 Å². The highest BCUT2D eigenvalue weighted by Crippen LogP contribution is 2.36. The van der Waals surface area contributed by atoms with Crippen LogP contribution in [0.1, 0.15) is 75.2 Å². The number of furan rings is 2. The number of rotatable bonds is 21. The van der Waals surface area contributed by atoms with Crippen LogP contribution in [-0.2, 0) is 39.3 Å². The average molecular weight is 1700 g/mol. The maximum absolute atomic E-state index is 11.7. The Morgan fingerprint density at radius 2 is 0.709 bits per heavy atom. The number of carbonyl (C=O) groups is 4. The first-order valence-electron chi connectivity index (χ1n) is 40.8. The van der Waals surface area contributed by atoms with E-state index in [0.29, 0.717) is 67.4 Å². The van der Waals surface area contributed by atoms with Crippen LogP contribution in [-0.4, -0.2) is 103 Å². The maximum Gasteiger partial charge on any atom is 0.286 e. The summed E-state index contributed by atoms with van der Waals surface area (Å²) in [6.45, 7) is 3.34. The molecule has 0 aliphatic carbocycles. The van der Waals surface area contributed by atoms with Crippen molar-refractivity contribution in [3.8, 4) is 62.4 Å². The second-order valence-corrected chi connectivity index (χ2v) is 29.9. The van der Waals surface area contributed by atoms with Crippen molar-refractivity contribution in [2.75, 3.05) is 14.2 Å². The lowest BCUT2D eigenvalue weighted by Gasteiger charge is -2.05. The summed E-state index contributed by atoms with van der Waals surface area (Å²) in [7, 11) is 3.22. The second kappa shape index (κ2) is 39.8. The van der Waals surface area contributed by atoms with E-state index in [1.807, 2.05) is 266 Å². The monoisotopic (exact) mass is 1700 g/mol. The summed E-state index contributed by atoms with van der Waals surface area (Å²) < 4.78 is 26.5. The van der Waals surface area contributed by atoms with Gasteiger partial charge < -0.3 is 24.0 Å². The van der Waals surface area contributed by atoms with Gasteiger partial charge in [-0.25, -0.2) is 11.0 Å². The number of amides is 3. The molecule has 0 atom stereocenters. The van der Waals surface area contributed by atoms with Crippen molar-refractivity contribution in [3.05, 3.63) is 419 Å². The number of fused-ring (bicyclic) bond motifs is 5. The van der Waals surface area contributed by atoms with Crippen molar-refractivity contribution < 1.29 is 48.3 Å². The molecular weight excluding hydrogens is 1610 g/mol. The number of para-hydroxylation sites is 4. The lowest BCUT2D eigenvalue weighted by molar-refractivity contribution is 0.0702. The number of benzene rings is 13. The number of aldehydes is 1. The van der Waals surface area contributed by atoms with Gasteiger partial charge in [-0.3, -0.25) is 53.0 Å². The zero-order valence-electron chi connectivity index (χ0n) is 68.9. The fourth-order valence-corrected chi connectivity index (χ4v) is 15.1. The highest BCUT2D eigenvalue weighted by atomic mass is 35.5. The van der Waals surface area contributed by atoms with Crippen molar-refractivity contribution >= 4 is 90.1 Å². The van der Waals surface area contributed by atoms with Crippen LogP contribution in [0.3, 0.4) is 0 Å². The summed E-state index contributed by atoms with van der Waals surface area (Å²) in [5.41, 5.74) is 22.8. The van der Waals surface area contributed by atoms with Gasteiger partial charge in [0, 0.05) is 72.9 Å². The van der Waals surface area contributed by atoms with Gasteiger partial charge in [0.2, 0.25) is 0 Å². The molecule has 127 heavy (non-hydrogen) atoms. The van der Waals surface area contributed by atoms with Crippen LogP contribution in [0.4, 0.5) is 0 Å². The number of halogens is 1. The molecule has 0 fully saturated rings. The summed E-state index contributed by atoms with van der Waals surface area (Å²) in [5, 5.41) is 59.2. The van der Waals surface area contributed by atoms with Crippen LogP contribution in [0.2, 0.25) is 5.02 Å². The van der Waals surface area contributed by atoms with Crippen molar-refractivity contribution in [1.29, 1.82) is 0 Å². The molecule has 0 unspecified atom stereocenters. The van der Waals surface area contributed by atoms with E-state index in [-0.39, 0.29) is 18.3 Å². The maximum atomic E-state index is 11.7. The summed E-state index contributed by atoms with van der Waals surface area (Å²) in [6.07, 6.45) is 0.701. The molecule has 23 nitrogen and oxygen atoms in total. The Morgan fingerprint density at radius 1 is 0.362 bits per heavy atom. The third-order valence-electron chi connectivity index (χ3n) is 21.3. The van der Waals surface area contributed by atoms with Crippen molar-refractivity contribution in [2.45, 2.75) is 39.3 Å². The highest BCUT2D eigenvalue weighted by molar-refractivity contribution is 6.31. The van der Waals surface area contributed by atoms with Gasteiger partial charge in [-0.2, -0.15) is 25.5 Å². The van der Waals surface area contributed by atoms with E-state index in [2.05, 4.69) is 72.0 Å². The molecule has 0 saturated carbocycles. The van der Waals surface area contributed by atoms with Crippen LogP contribution in [0.5, 0.6) is 5.75 Å². The van der Waals surface area contributed by atoms with Crippen LogP contribution in [0, 0.1) is 0 Å². The molecule has 0 saturated heterocycles. The van der Waals surface area contributed by atoms with Gasteiger partial charge >= 0.3 is 0 Å². The number of hydroxylamine groups is 2. The minimum Gasteiger partial charge on any atom is -0.497 e. The van der Waals surface area contributed by atoms with E-state index in [9.17, 15) is 24.3 Å². The molecule has 20 aromatic rings. The Morgan fingerprint density at radius 3 is 1.09 bits per heavy atom. The van der Waals surface area contributed by atoms with Gasteiger partial charge in [-0.1, -0.05) is 272 Å². The molecule has 0 aliphatic rings. The number of ether oxygens (including phenoxy) is 1. The van der Waals surface area contributed by atoms with Gasteiger partial charge in [0.05, 0.1) is 74.0 Å². The summed E-state index contributed by atoms with van der Waals surface area (Å²) in [5.74, 6) is 1.21. The number of nitrogens with one attached hydrogen (secondary N) is 3. The molecule has 7 heterocycles. The van der Waals surface area contributed by atoms with E-state index >= 15 is 0 Å². The molecule has 3 amide bonds. The average Bonchev–Trinajstić information content (AvgIpc) is 1.65. The molecule has 0 spiro atoms. The van der Waals surface area contributed by atoms with Crippen LogP contribution < -0.4 is 21.0 Å². The number of hydrogen-bond donors (Lipinski definition) is 6. The zero-order valence-corrected chi connectivity index (χ0v) is 69.7. The molecular formula is C103H84ClN13O10. The van der Waals surface area contributed by atoms with Crippen LogP contribution >= 0.6 is 11.6 Å². The quantitative estimate of drug-likeness (QED) is 0.0221. The van der Waals surface area contributed by atoms with Crippen molar-refractivity contribution in [2.24, 2.45) is 0 Å². The Kier molecular flexibility index (Phi) is 26.4. The first-order chi connectivity index (χ1) is 62.3. The Labute approximate surface area is 734 Å². The smallest absolute Gasteiger partial charge is 0.286 e. The molecule has 6 N–H and O–H groups in total. The molecule has 13 aromatic carbocycles. The van der Waals surface area contributed by atoms with Crippen molar-refractivity contribution in [3.63, 3.8) is 0 Å². The number of hydrogen-bond acceptors (Lipinski definition) is 15. The Hall–Kier alpha value is -16.2. The van der Waals surface area contributed by atoms with Gasteiger partial charge in [-0.05, 0) is 124 Å². The molecule has 24 heteroatoms. The first-order valence-corrected chi connectivity index (χ1v) is 41.1.